The quantitative estimate of drug-likeness (QED) is 0.673. The minimum absolute atomic E-state index is 0.139. The van der Waals surface area contributed by atoms with Gasteiger partial charge in [0.15, 0.2) is 0 Å². The van der Waals surface area contributed by atoms with Gasteiger partial charge in [-0.2, -0.15) is 15.3 Å². The van der Waals surface area contributed by atoms with Crippen LogP contribution in [0.3, 0.4) is 0 Å². The van der Waals surface area contributed by atoms with E-state index in [-0.39, 0.29) is 11.6 Å². The molecule has 0 saturated carbocycles. The molecule has 1 N–H and O–H groups in total. The van der Waals surface area contributed by atoms with Crippen LogP contribution in [0, 0.1) is 11.3 Å². The van der Waals surface area contributed by atoms with Crippen molar-refractivity contribution in [2.75, 3.05) is 12.5 Å². The normalized spacial score (nSPS) is 10.3. The Kier molecular flexibility index (Phi) is 4.36. The fourth-order valence-electron chi connectivity index (χ4n) is 1.51. The lowest BCUT2D eigenvalue weighted by Crippen LogP contribution is -1.91. The number of hydrogen-bond donors (Lipinski definition) is 1. The number of nitriles is 1. The molecule has 0 spiro atoms. The van der Waals surface area contributed by atoms with Crippen molar-refractivity contribution in [3.8, 4) is 11.8 Å². The summed E-state index contributed by atoms with van der Waals surface area (Å²) < 4.78 is 10.4. The Hall–Kier alpha value is -3.07. The van der Waals surface area contributed by atoms with Crippen molar-refractivity contribution in [3.63, 3.8) is 0 Å². The lowest BCUT2D eigenvalue weighted by Gasteiger charge is -1.99. The molecule has 0 radical (unpaired) electrons. The second kappa shape index (κ2) is 6.39. The Morgan fingerprint density at radius 3 is 2.76 bits per heavy atom. The van der Waals surface area contributed by atoms with Crippen LogP contribution < -0.4 is 10.2 Å². The molecule has 0 aliphatic carbocycles. The third-order valence-corrected chi connectivity index (χ3v) is 2.59. The second-order valence-electron chi connectivity index (χ2n) is 4.23. The molecule has 0 aliphatic heterocycles. The van der Waals surface area contributed by atoms with Crippen LogP contribution >= 0.6 is 0 Å². The van der Waals surface area contributed by atoms with Gasteiger partial charge in [0, 0.05) is 5.57 Å². The number of hydrazone groups is 1. The summed E-state index contributed by atoms with van der Waals surface area (Å²) in [7, 11) is 1.61. The van der Waals surface area contributed by atoms with Gasteiger partial charge in [0.1, 0.15) is 11.8 Å². The van der Waals surface area contributed by atoms with E-state index in [1.165, 1.54) is 0 Å². The van der Waals surface area contributed by atoms with Crippen molar-refractivity contribution in [2.45, 2.75) is 6.92 Å². The smallest absolute Gasteiger partial charge is 0.252 e. The first-order valence-electron chi connectivity index (χ1n) is 6.14. The molecule has 1 aromatic heterocycles. The van der Waals surface area contributed by atoms with Crippen molar-refractivity contribution in [3.05, 3.63) is 48.0 Å². The summed E-state index contributed by atoms with van der Waals surface area (Å²) in [4.78, 5) is 4.00. The van der Waals surface area contributed by atoms with Gasteiger partial charge < -0.3 is 9.15 Å². The minimum atomic E-state index is 0.139. The Balaban J connectivity index is 2.10. The third-order valence-electron chi connectivity index (χ3n) is 2.59. The molecule has 106 valence electrons. The van der Waals surface area contributed by atoms with Gasteiger partial charge in [-0.1, -0.05) is 6.58 Å². The maximum absolute atomic E-state index is 8.98. The molecule has 2 rings (SSSR count). The van der Waals surface area contributed by atoms with Gasteiger partial charge in [-0.15, -0.1) is 0 Å². The van der Waals surface area contributed by atoms with E-state index in [1.54, 1.807) is 20.2 Å². The molecule has 2 aromatic rings. The number of nitrogens with zero attached hydrogens (tertiary/aromatic N) is 3. The molecular weight excluding hydrogens is 268 g/mol. The molecule has 6 heteroatoms. The number of ether oxygens (including phenoxy) is 1. The first kappa shape index (κ1) is 14.3. The zero-order chi connectivity index (χ0) is 15.2. The maximum atomic E-state index is 8.98. The van der Waals surface area contributed by atoms with Gasteiger partial charge in [-0.05, 0) is 36.8 Å². The van der Waals surface area contributed by atoms with E-state index in [9.17, 15) is 0 Å². The number of benzene rings is 1. The predicted molar refractivity (Wildman–Crippen MR) is 80.1 cm³/mol. The van der Waals surface area contributed by atoms with Crippen molar-refractivity contribution < 1.29 is 9.15 Å². The largest absolute Gasteiger partial charge is 0.497 e. The van der Waals surface area contributed by atoms with E-state index in [0.717, 1.165) is 11.3 Å². The first-order chi connectivity index (χ1) is 10.1. The fraction of sp³-hybridized carbons (Fsp3) is 0.133. The van der Waals surface area contributed by atoms with Crippen LogP contribution in [0.25, 0.3) is 5.57 Å². The van der Waals surface area contributed by atoms with Gasteiger partial charge in [0.05, 0.1) is 13.3 Å². The van der Waals surface area contributed by atoms with Crippen molar-refractivity contribution >= 4 is 17.7 Å². The van der Waals surface area contributed by atoms with Crippen molar-refractivity contribution in [2.24, 2.45) is 5.10 Å². The second-order valence-corrected chi connectivity index (χ2v) is 4.23. The van der Waals surface area contributed by atoms with E-state index in [2.05, 4.69) is 22.1 Å². The molecule has 1 aromatic carbocycles. The SMILES string of the molecule is C=C(C)c1nc(C#N)c(N/N=C/c2ccc(OC)cc2)o1. The first-order valence-corrected chi connectivity index (χ1v) is 6.14. The van der Waals surface area contributed by atoms with Crippen LogP contribution in [-0.2, 0) is 0 Å². The summed E-state index contributed by atoms with van der Waals surface area (Å²) in [5.41, 5.74) is 4.31. The highest BCUT2D eigenvalue weighted by Gasteiger charge is 2.12. The molecule has 21 heavy (non-hydrogen) atoms. The predicted octanol–water partition coefficient (Wildman–Crippen LogP) is 3.03. The highest BCUT2D eigenvalue weighted by molar-refractivity contribution is 5.80. The van der Waals surface area contributed by atoms with E-state index in [4.69, 9.17) is 14.4 Å². The Labute approximate surface area is 122 Å². The number of allylic oxidation sites excluding steroid dienone is 1. The monoisotopic (exact) mass is 282 g/mol. The summed E-state index contributed by atoms with van der Waals surface area (Å²) in [6, 6.07) is 9.31. The molecule has 1 heterocycles. The Morgan fingerprint density at radius 1 is 1.48 bits per heavy atom. The van der Waals surface area contributed by atoms with Crippen LogP contribution in [0.1, 0.15) is 24.1 Å². The van der Waals surface area contributed by atoms with Crippen molar-refractivity contribution in [1.82, 2.24) is 4.98 Å². The lowest BCUT2D eigenvalue weighted by atomic mass is 10.2. The summed E-state index contributed by atoms with van der Waals surface area (Å²) in [5, 5.41) is 13.0. The van der Waals surface area contributed by atoms with E-state index in [0.29, 0.717) is 11.5 Å². The molecule has 0 saturated heterocycles. The van der Waals surface area contributed by atoms with Crippen LogP contribution in [0.2, 0.25) is 0 Å². The highest BCUT2D eigenvalue weighted by atomic mass is 16.5. The standard InChI is InChI=1S/C15H14N4O2/c1-10(2)14-18-13(8-16)15(21-14)19-17-9-11-4-6-12(20-3)7-5-11/h4-7,9,19H,1H2,2-3H3/b17-9+. The molecule has 0 unspecified atom stereocenters. The number of nitrogens with one attached hydrogen (secondary N) is 1. The summed E-state index contributed by atoms with van der Waals surface area (Å²) in [5.74, 6) is 1.28. The molecule has 6 nitrogen and oxygen atoms in total. The van der Waals surface area contributed by atoms with Crippen LogP contribution in [0.4, 0.5) is 5.88 Å². The molecule has 0 fully saturated rings. The number of methoxy groups -OCH3 is 1. The number of oxazole rings is 1. The topological polar surface area (TPSA) is 83.4 Å². The third kappa shape index (κ3) is 3.48. The minimum Gasteiger partial charge on any atom is -0.497 e. The molecular formula is C15H14N4O2. The van der Waals surface area contributed by atoms with Crippen LogP contribution in [0.15, 0.2) is 40.4 Å². The maximum Gasteiger partial charge on any atom is 0.252 e. The summed E-state index contributed by atoms with van der Waals surface area (Å²) in [6.45, 7) is 5.46. The number of aromatic nitrogens is 1. The summed E-state index contributed by atoms with van der Waals surface area (Å²) in [6.07, 6.45) is 1.60. The molecule has 0 aliphatic rings. The number of anilines is 1. The zero-order valence-corrected chi connectivity index (χ0v) is 11.8. The van der Waals surface area contributed by atoms with Gasteiger partial charge in [0.25, 0.3) is 5.88 Å². The van der Waals surface area contributed by atoms with Crippen LogP contribution in [-0.4, -0.2) is 18.3 Å². The Bertz CT molecular complexity index is 708. The lowest BCUT2D eigenvalue weighted by molar-refractivity contribution is 0.415. The number of rotatable bonds is 5. The number of hydrogen-bond acceptors (Lipinski definition) is 6. The fourth-order valence-corrected chi connectivity index (χ4v) is 1.51. The van der Waals surface area contributed by atoms with Gasteiger partial charge in [-0.25, -0.2) is 5.43 Å². The summed E-state index contributed by atoms with van der Waals surface area (Å²) >= 11 is 0. The molecule has 0 bridgehead atoms. The van der Waals surface area contributed by atoms with Crippen LogP contribution in [0.5, 0.6) is 5.75 Å². The Morgan fingerprint density at radius 2 is 2.19 bits per heavy atom. The van der Waals surface area contributed by atoms with Gasteiger partial charge in [0.2, 0.25) is 11.6 Å². The van der Waals surface area contributed by atoms with E-state index < -0.39 is 0 Å². The molecule has 0 amide bonds. The van der Waals surface area contributed by atoms with E-state index in [1.807, 2.05) is 30.3 Å². The van der Waals surface area contributed by atoms with Gasteiger partial charge >= 0.3 is 0 Å². The van der Waals surface area contributed by atoms with E-state index >= 15 is 0 Å². The van der Waals surface area contributed by atoms with Gasteiger partial charge in [-0.3, -0.25) is 0 Å². The molecule has 0 atom stereocenters. The average molecular weight is 282 g/mol. The highest BCUT2D eigenvalue weighted by Crippen LogP contribution is 2.20. The zero-order valence-electron chi connectivity index (χ0n) is 11.8. The average Bonchev–Trinajstić information content (AvgIpc) is 2.91. The van der Waals surface area contributed by atoms with Crippen molar-refractivity contribution in [1.29, 1.82) is 5.26 Å².